The van der Waals surface area contributed by atoms with E-state index in [1.807, 2.05) is 26.0 Å². The molecule has 0 unspecified atom stereocenters. The number of rotatable bonds is 6. The molecule has 0 bridgehead atoms. The van der Waals surface area contributed by atoms with Crippen molar-refractivity contribution in [2.75, 3.05) is 5.32 Å². The fraction of sp³-hybridized carbons (Fsp3) is 0.267. The summed E-state index contributed by atoms with van der Waals surface area (Å²) in [5.41, 5.74) is 1.64. The molecule has 2 rings (SSSR count). The zero-order valence-corrected chi connectivity index (χ0v) is 11.9. The summed E-state index contributed by atoms with van der Waals surface area (Å²) < 4.78 is 5.64. The molecule has 2 aromatic rings. The molecular formula is C15H17N3O3. The molecular weight excluding hydrogens is 270 g/mol. The number of non-ortho nitro benzene ring substituents is 1. The Morgan fingerprint density at radius 1 is 1.33 bits per heavy atom. The van der Waals surface area contributed by atoms with Crippen LogP contribution in [0, 0.1) is 10.1 Å². The van der Waals surface area contributed by atoms with Crippen molar-refractivity contribution in [2.24, 2.45) is 0 Å². The van der Waals surface area contributed by atoms with Gasteiger partial charge in [-0.25, -0.2) is 4.98 Å². The van der Waals surface area contributed by atoms with Crippen molar-refractivity contribution >= 4 is 11.4 Å². The molecule has 1 aromatic carbocycles. The van der Waals surface area contributed by atoms with Gasteiger partial charge in [-0.2, -0.15) is 0 Å². The van der Waals surface area contributed by atoms with Gasteiger partial charge in [-0.1, -0.05) is 12.1 Å². The van der Waals surface area contributed by atoms with Crippen molar-refractivity contribution in [3.63, 3.8) is 0 Å². The molecule has 0 saturated heterocycles. The quantitative estimate of drug-likeness (QED) is 0.651. The van der Waals surface area contributed by atoms with E-state index in [0.717, 1.165) is 5.56 Å². The third-order valence-electron chi connectivity index (χ3n) is 2.74. The van der Waals surface area contributed by atoms with Gasteiger partial charge in [0, 0.05) is 36.1 Å². The van der Waals surface area contributed by atoms with Gasteiger partial charge in [0.1, 0.15) is 0 Å². The summed E-state index contributed by atoms with van der Waals surface area (Å²) >= 11 is 0. The van der Waals surface area contributed by atoms with E-state index in [1.54, 1.807) is 18.3 Å². The number of nitro benzene ring substituents is 1. The van der Waals surface area contributed by atoms with Crippen LogP contribution in [0.1, 0.15) is 19.4 Å². The minimum absolute atomic E-state index is 0.0384. The monoisotopic (exact) mass is 287 g/mol. The molecule has 110 valence electrons. The lowest BCUT2D eigenvalue weighted by Crippen LogP contribution is -2.10. The topological polar surface area (TPSA) is 77.3 Å². The molecule has 6 nitrogen and oxygen atoms in total. The predicted molar refractivity (Wildman–Crippen MR) is 80.4 cm³/mol. The maximum absolute atomic E-state index is 10.8. The zero-order chi connectivity index (χ0) is 15.2. The first-order valence-corrected chi connectivity index (χ1v) is 6.65. The average molecular weight is 287 g/mol. The highest BCUT2D eigenvalue weighted by molar-refractivity contribution is 5.51. The molecule has 0 aliphatic carbocycles. The summed E-state index contributed by atoms with van der Waals surface area (Å²) in [6, 6.07) is 10.1. The first kappa shape index (κ1) is 14.8. The number of nitrogens with one attached hydrogen (secondary N) is 1. The van der Waals surface area contributed by atoms with Crippen LogP contribution in [-0.2, 0) is 6.54 Å². The SMILES string of the molecule is CC(C)Oc1ncccc1CNc1cccc([N+](=O)[O-])c1. The Labute approximate surface area is 122 Å². The van der Waals surface area contributed by atoms with Gasteiger partial charge < -0.3 is 10.1 Å². The van der Waals surface area contributed by atoms with Crippen LogP contribution in [0.2, 0.25) is 0 Å². The molecule has 0 saturated carbocycles. The van der Waals surface area contributed by atoms with Crippen LogP contribution in [0.3, 0.4) is 0 Å². The van der Waals surface area contributed by atoms with Crippen LogP contribution in [0.15, 0.2) is 42.6 Å². The van der Waals surface area contributed by atoms with Gasteiger partial charge in [-0.15, -0.1) is 0 Å². The molecule has 1 heterocycles. The number of benzene rings is 1. The summed E-state index contributed by atoms with van der Waals surface area (Å²) in [6.45, 7) is 4.36. The minimum Gasteiger partial charge on any atom is -0.475 e. The Hall–Kier alpha value is -2.63. The molecule has 0 aliphatic heterocycles. The smallest absolute Gasteiger partial charge is 0.271 e. The van der Waals surface area contributed by atoms with Crippen molar-refractivity contribution in [1.29, 1.82) is 0 Å². The first-order valence-electron chi connectivity index (χ1n) is 6.65. The second-order valence-electron chi connectivity index (χ2n) is 4.80. The maximum Gasteiger partial charge on any atom is 0.271 e. The Kier molecular flexibility index (Phi) is 4.71. The van der Waals surface area contributed by atoms with Crippen LogP contribution in [0.4, 0.5) is 11.4 Å². The molecule has 1 aromatic heterocycles. The van der Waals surface area contributed by atoms with Crippen molar-refractivity contribution in [3.05, 3.63) is 58.3 Å². The summed E-state index contributed by atoms with van der Waals surface area (Å²) in [4.78, 5) is 14.5. The predicted octanol–water partition coefficient (Wildman–Crippen LogP) is 3.39. The summed E-state index contributed by atoms with van der Waals surface area (Å²) in [5.74, 6) is 0.574. The van der Waals surface area contributed by atoms with Crippen LogP contribution < -0.4 is 10.1 Å². The number of anilines is 1. The maximum atomic E-state index is 10.8. The number of hydrogen-bond donors (Lipinski definition) is 1. The van der Waals surface area contributed by atoms with E-state index >= 15 is 0 Å². The van der Waals surface area contributed by atoms with Gasteiger partial charge in [0.05, 0.1) is 11.0 Å². The lowest BCUT2D eigenvalue weighted by molar-refractivity contribution is -0.384. The molecule has 0 spiro atoms. The Morgan fingerprint density at radius 3 is 2.86 bits per heavy atom. The Balaban J connectivity index is 2.09. The third kappa shape index (κ3) is 4.17. The Morgan fingerprint density at radius 2 is 2.14 bits per heavy atom. The van der Waals surface area contributed by atoms with Crippen LogP contribution >= 0.6 is 0 Å². The molecule has 21 heavy (non-hydrogen) atoms. The number of nitrogens with zero attached hydrogens (tertiary/aromatic N) is 2. The summed E-state index contributed by atoms with van der Waals surface area (Å²) in [7, 11) is 0. The second-order valence-corrected chi connectivity index (χ2v) is 4.80. The number of ether oxygens (including phenoxy) is 1. The van der Waals surface area contributed by atoms with Gasteiger partial charge in [-0.3, -0.25) is 10.1 Å². The van der Waals surface area contributed by atoms with Gasteiger partial charge in [0.25, 0.3) is 5.69 Å². The highest BCUT2D eigenvalue weighted by Gasteiger charge is 2.08. The van der Waals surface area contributed by atoms with E-state index in [9.17, 15) is 10.1 Å². The fourth-order valence-corrected chi connectivity index (χ4v) is 1.81. The minimum atomic E-state index is -0.414. The van der Waals surface area contributed by atoms with Crippen molar-refractivity contribution < 1.29 is 9.66 Å². The molecule has 0 amide bonds. The molecule has 1 N–H and O–H groups in total. The molecule has 0 fully saturated rings. The zero-order valence-electron chi connectivity index (χ0n) is 11.9. The van der Waals surface area contributed by atoms with Gasteiger partial charge in [0.15, 0.2) is 0 Å². The standard InChI is InChI=1S/C15H17N3O3/c1-11(2)21-15-12(5-4-8-16-15)10-17-13-6-3-7-14(9-13)18(19)20/h3-9,11,17H,10H2,1-2H3. The fourth-order valence-electron chi connectivity index (χ4n) is 1.81. The first-order chi connectivity index (χ1) is 10.1. The Bertz CT molecular complexity index is 629. The summed E-state index contributed by atoms with van der Waals surface area (Å²) in [6.07, 6.45) is 1.71. The van der Waals surface area contributed by atoms with E-state index < -0.39 is 4.92 Å². The number of hydrogen-bond acceptors (Lipinski definition) is 5. The van der Waals surface area contributed by atoms with Crippen LogP contribution in [0.5, 0.6) is 5.88 Å². The van der Waals surface area contributed by atoms with Gasteiger partial charge >= 0.3 is 0 Å². The van der Waals surface area contributed by atoms with Crippen LogP contribution in [0.25, 0.3) is 0 Å². The lowest BCUT2D eigenvalue weighted by atomic mass is 10.2. The van der Waals surface area contributed by atoms with E-state index in [0.29, 0.717) is 18.1 Å². The highest BCUT2D eigenvalue weighted by atomic mass is 16.6. The summed E-state index contributed by atoms with van der Waals surface area (Å²) in [5, 5.41) is 13.9. The lowest BCUT2D eigenvalue weighted by Gasteiger charge is -2.13. The van der Waals surface area contributed by atoms with Gasteiger partial charge in [0.2, 0.25) is 5.88 Å². The van der Waals surface area contributed by atoms with Gasteiger partial charge in [-0.05, 0) is 26.0 Å². The largest absolute Gasteiger partial charge is 0.475 e. The van der Waals surface area contributed by atoms with E-state index in [2.05, 4.69) is 10.3 Å². The average Bonchev–Trinajstić information content (AvgIpc) is 2.46. The number of pyridine rings is 1. The van der Waals surface area contributed by atoms with Crippen molar-refractivity contribution in [3.8, 4) is 5.88 Å². The van der Waals surface area contributed by atoms with Crippen LogP contribution in [-0.4, -0.2) is 16.0 Å². The second kappa shape index (κ2) is 6.69. The van der Waals surface area contributed by atoms with E-state index in [4.69, 9.17) is 4.74 Å². The third-order valence-corrected chi connectivity index (χ3v) is 2.74. The normalized spacial score (nSPS) is 10.4. The van der Waals surface area contributed by atoms with Crippen molar-refractivity contribution in [1.82, 2.24) is 4.98 Å². The molecule has 0 radical (unpaired) electrons. The molecule has 6 heteroatoms. The van der Waals surface area contributed by atoms with Crippen molar-refractivity contribution in [2.45, 2.75) is 26.5 Å². The van der Waals surface area contributed by atoms with E-state index in [1.165, 1.54) is 12.1 Å². The highest BCUT2D eigenvalue weighted by Crippen LogP contribution is 2.20. The van der Waals surface area contributed by atoms with E-state index in [-0.39, 0.29) is 11.8 Å². The number of aromatic nitrogens is 1. The molecule has 0 aliphatic rings. The number of nitro groups is 1. The molecule has 0 atom stereocenters.